The summed E-state index contributed by atoms with van der Waals surface area (Å²) in [7, 11) is -0.174. The highest BCUT2D eigenvalue weighted by atomic mass is 32.1. The van der Waals surface area contributed by atoms with Crippen molar-refractivity contribution in [2.24, 2.45) is 4.63 Å². The number of nitrogens with one attached hydrogen (secondary N) is 1. The number of anilines is 1. The van der Waals surface area contributed by atoms with Gasteiger partial charge in [0.25, 0.3) is 0 Å². The van der Waals surface area contributed by atoms with Crippen molar-refractivity contribution in [3.8, 4) is 6.07 Å². The molecule has 0 aliphatic carbocycles. The lowest BCUT2D eigenvalue weighted by molar-refractivity contribution is 0.0783. The van der Waals surface area contributed by atoms with E-state index < -0.39 is 17.4 Å². The lowest BCUT2D eigenvalue weighted by Gasteiger charge is -2.21. The molecule has 2 rings (SSSR count). The number of carbonyl (C=O) groups excluding carboxylic acids is 1. The van der Waals surface area contributed by atoms with Crippen LogP contribution < -0.4 is 9.82 Å². The predicted molar refractivity (Wildman–Crippen MR) is 113 cm³/mol. The van der Waals surface area contributed by atoms with Crippen molar-refractivity contribution < 1.29 is 14.3 Å². The molecular weight excluding hydrogens is 407 g/mol. The van der Waals surface area contributed by atoms with Crippen LogP contribution in [0.4, 0.5) is 14.9 Å². The maximum absolute atomic E-state index is 14.8. The highest BCUT2D eigenvalue weighted by molar-refractivity contribution is 7.20. The van der Waals surface area contributed by atoms with E-state index in [1.54, 1.807) is 20.0 Å². The minimum atomic E-state index is -1.05. The van der Waals surface area contributed by atoms with Crippen LogP contribution in [0.15, 0.2) is 16.9 Å². The summed E-state index contributed by atoms with van der Waals surface area (Å²) in [5.74, 6) is -0.856. The molecule has 0 atom stereocenters. The van der Waals surface area contributed by atoms with Crippen LogP contribution in [0.25, 0.3) is 0 Å². The van der Waals surface area contributed by atoms with Crippen LogP contribution in [0.2, 0.25) is 0 Å². The number of rotatable bonds is 5. The molecule has 0 unspecified atom stereocenters. The molecule has 2 aromatic rings. The Labute approximate surface area is 176 Å². The molecular formula is C20H24FN4O2SSi. The standard InChI is InChI=1S/C20H24FN4O2SSi/c1-10(2)13-7-12(8-22)16(21)15(11(3)4)17(13)24-19(26)25-29-14-9-23-18(28-14)20(5,6)27/h7,9-11,27H,1-6H3,(H,24,26). The zero-order chi connectivity index (χ0) is 21.9. The van der Waals surface area contributed by atoms with Gasteiger partial charge in [-0.15, -0.1) is 11.3 Å². The average molecular weight is 432 g/mol. The van der Waals surface area contributed by atoms with Gasteiger partial charge in [0.15, 0.2) is 0 Å². The molecule has 0 aliphatic rings. The van der Waals surface area contributed by atoms with E-state index in [9.17, 15) is 19.6 Å². The van der Waals surface area contributed by atoms with Crippen molar-refractivity contribution in [1.82, 2.24) is 4.98 Å². The lowest BCUT2D eigenvalue weighted by Crippen LogP contribution is -2.16. The Morgan fingerprint density at radius 3 is 2.52 bits per heavy atom. The Morgan fingerprint density at radius 1 is 1.38 bits per heavy atom. The first-order valence-electron chi connectivity index (χ1n) is 9.18. The number of nitrogens with zero attached hydrogens (tertiary/aromatic N) is 3. The first kappa shape index (κ1) is 23.0. The maximum Gasteiger partial charge on any atom is 0.336 e. The van der Waals surface area contributed by atoms with E-state index >= 15 is 0 Å². The largest absolute Gasteiger partial charge is 0.383 e. The molecule has 0 saturated heterocycles. The zero-order valence-corrected chi connectivity index (χ0v) is 19.1. The second kappa shape index (κ2) is 9.03. The van der Waals surface area contributed by atoms with E-state index in [1.807, 2.05) is 33.8 Å². The van der Waals surface area contributed by atoms with Gasteiger partial charge in [0.2, 0.25) is 9.31 Å². The summed E-state index contributed by atoms with van der Waals surface area (Å²) in [6, 6.07) is 2.79. The summed E-state index contributed by atoms with van der Waals surface area (Å²) >= 11 is 1.29. The third-order valence-corrected chi connectivity index (χ3v) is 6.55. The van der Waals surface area contributed by atoms with Crippen LogP contribution in [-0.2, 0) is 5.60 Å². The monoisotopic (exact) mass is 431 g/mol. The number of hydrogen-bond donors (Lipinski definition) is 2. The first-order chi connectivity index (χ1) is 13.5. The van der Waals surface area contributed by atoms with Gasteiger partial charge in [-0.25, -0.2) is 18.8 Å². The van der Waals surface area contributed by atoms with Gasteiger partial charge in [0.1, 0.15) is 22.5 Å². The minimum absolute atomic E-state index is 0.0196. The molecule has 2 N–H and O–H groups in total. The van der Waals surface area contributed by atoms with Crippen LogP contribution in [0.5, 0.6) is 0 Å². The molecule has 153 valence electrons. The average Bonchev–Trinajstić information content (AvgIpc) is 3.09. The summed E-state index contributed by atoms with van der Waals surface area (Å²) in [5, 5.41) is 22.5. The molecule has 1 aromatic heterocycles. The number of urea groups is 1. The Hall–Kier alpha value is -2.28. The smallest absolute Gasteiger partial charge is 0.336 e. The number of thiazole rings is 1. The number of hydrogen-bond acceptors (Lipinski definition) is 5. The number of carbonyl (C=O) groups is 1. The molecule has 29 heavy (non-hydrogen) atoms. The van der Waals surface area contributed by atoms with Gasteiger partial charge >= 0.3 is 6.03 Å². The molecule has 0 fully saturated rings. The van der Waals surface area contributed by atoms with E-state index in [0.29, 0.717) is 21.8 Å². The molecule has 1 aromatic carbocycles. The van der Waals surface area contributed by atoms with Crippen molar-refractivity contribution in [3.63, 3.8) is 0 Å². The third kappa shape index (κ3) is 5.41. The van der Waals surface area contributed by atoms with E-state index in [0.717, 1.165) is 4.50 Å². The van der Waals surface area contributed by atoms with Crippen molar-refractivity contribution in [3.05, 3.63) is 39.8 Å². The van der Waals surface area contributed by atoms with Gasteiger partial charge in [-0.2, -0.15) is 5.26 Å². The number of aliphatic hydroxyl groups is 1. The second-order valence-electron chi connectivity index (χ2n) is 7.78. The summed E-state index contributed by atoms with van der Waals surface area (Å²) in [5.41, 5.74) is 0.306. The molecule has 0 bridgehead atoms. The lowest BCUT2D eigenvalue weighted by atomic mass is 9.90. The van der Waals surface area contributed by atoms with Crippen LogP contribution in [0, 0.1) is 17.1 Å². The zero-order valence-electron chi connectivity index (χ0n) is 17.3. The second-order valence-corrected chi connectivity index (χ2v) is 10.2. The van der Waals surface area contributed by atoms with Crippen molar-refractivity contribution in [2.75, 3.05) is 5.32 Å². The fourth-order valence-electron chi connectivity index (χ4n) is 2.77. The van der Waals surface area contributed by atoms with E-state index in [1.165, 1.54) is 17.4 Å². The fourth-order valence-corrected chi connectivity index (χ4v) is 4.44. The van der Waals surface area contributed by atoms with Gasteiger partial charge in [0.05, 0.1) is 15.8 Å². The first-order valence-corrected chi connectivity index (χ1v) is 10.9. The summed E-state index contributed by atoms with van der Waals surface area (Å²) in [6.07, 6.45) is 1.59. The van der Waals surface area contributed by atoms with Gasteiger partial charge in [-0.1, -0.05) is 27.7 Å². The molecule has 0 spiro atoms. The van der Waals surface area contributed by atoms with Gasteiger partial charge < -0.3 is 10.4 Å². The highest BCUT2D eigenvalue weighted by Gasteiger charge is 2.23. The Balaban J connectivity index is 2.37. The Bertz CT molecular complexity index is 988. The Morgan fingerprint density at radius 2 is 2.03 bits per heavy atom. The van der Waals surface area contributed by atoms with Crippen LogP contribution in [-0.4, -0.2) is 25.4 Å². The molecule has 6 nitrogen and oxygen atoms in total. The van der Waals surface area contributed by atoms with E-state index in [4.69, 9.17) is 0 Å². The van der Waals surface area contributed by atoms with Gasteiger partial charge in [-0.05, 0) is 37.3 Å². The predicted octanol–water partition coefficient (Wildman–Crippen LogP) is 4.37. The molecule has 9 heteroatoms. The molecule has 0 aliphatic heterocycles. The van der Waals surface area contributed by atoms with Crippen molar-refractivity contribution in [2.45, 2.75) is 59.0 Å². The van der Waals surface area contributed by atoms with Crippen LogP contribution in [0.3, 0.4) is 0 Å². The number of benzene rings is 1. The normalized spacial score (nSPS) is 12.0. The third-order valence-electron chi connectivity index (χ3n) is 4.18. The number of amides is 2. The summed E-state index contributed by atoms with van der Waals surface area (Å²) < 4.78 is 19.6. The SMILES string of the molecule is CC(C)c1cc(C#N)c(F)c(C(C)C)c1NC(=O)N=[Si]c1cnc(C(C)(C)O)s1. The highest BCUT2D eigenvalue weighted by Crippen LogP contribution is 2.36. The number of aromatic nitrogens is 1. The summed E-state index contributed by atoms with van der Waals surface area (Å²) in [6.45, 7) is 10.7. The van der Waals surface area contributed by atoms with Crippen LogP contribution in [0.1, 0.15) is 75.1 Å². The fraction of sp³-hybridized carbons (Fsp3) is 0.450. The quantitative estimate of drug-likeness (QED) is 0.687. The van der Waals surface area contributed by atoms with Gasteiger partial charge in [-0.3, -0.25) is 0 Å². The van der Waals surface area contributed by atoms with Gasteiger partial charge in [0, 0.05) is 11.8 Å². The topological polar surface area (TPSA) is 98.4 Å². The molecule has 0 saturated carbocycles. The minimum Gasteiger partial charge on any atom is -0.383 e. The molecule has 1 radical (unpaired) electrons. The maximum atomic E-state index is 14.8. The molecule has 1 heterocycles. The summed E-state index contributed by atoms with van der Waals surface area (Å²) in [4.78, 5) is 16.6. The number of halogens is 1. The van der Waals surface area contributed by atoms with Crippen molar-refractivity contribution in [1.29, 1.82) is 5.26 Å². The number of nitriles is 1. The Kier molecular flexibility index (Phi) is 7.16. The van der Waals surface area contributed by atoms with E-state index in [-0.39, 0.29) is 26.7 Å². The van der Waals surface area contributed by atoms with Crippen molar-refractivity contribution >= 4 is 36.9 Å². The van der Waals surface area contributed by atoms with E-state index in [2.05, 4.69) is 14.9 Å². The molecule has 2 amide bonds. The van der Waals surface area contributed by atoms with Crippen LogP contribution >= 0.6 is 11.3 Å².